The van der Waals surface area contributed by atoms with Crippen molar-refractivity contribution in [1.29, 1.82) is 0 Å². The topological polar surface area (TPSA) is 68.5 Å². The predicted octanol–water partition coefficient (Wildman–Crippen LogP) is 3.05. The molecule has 0 aliphatic carbocycles. The maximum atomic E-state index is 12.7. The van der Waals surface area contributed by atoms with Crippen LogP contribution in [0.1, 0.15) is 11.3 Å². The lowest BCUT2D eigenvalue weighted by Crippen LogP contribution is -2.28. The minimum atomic E-state index is -0.658. The van der Waals surface area contributed by atoms with Crippen molar-refractivity contribution < 1.29 is 23.1 Å². The average Bonchev–Trinajstić information content (AvgIpc) is 2.96. The molecule has 1 heterocycles. The molecule has 2 aromatic rings. The fourth-order valence-electron chi connectivity index (χ4n) is 1.61. The summed E-state index contributed by atoms with van der Waals surface area (Å²) in [6.45, 7) is -0.168. The second-order valence-electron chi connectivity index (χ2n) is 4.49. The number of carbonyl (C=O) groups is 2. The Morgan fingerprint density at radius 2 is 1.96 bits per heavy atom. The zero-order chi connectivity index (χ0) is 16.7. The molecule has 1 aromatic heterocycles. The Kier molecular flexibility index (Phi) is 6.10. The zero-order valence-electron chi connectivity index (χ0n) is 11.9. The number of rotatable bonds is 6. The normalized spacial score (nSPS) is 10.7. The van der Waals surface area contributed by atoms with Crippen molar-refractivity contribution in [3.05, 3.63) is 64.3 Å². The van der Waals surface area contributed by atoms with Crippen LogP contribution in [0.5, 0.6) is 0 Å². The van der Waals surface area contributed by atoms with Crippen LogP contribution in [0.25, 0.3) is 6.08 Å². The molecular formula is C16H13BrFNO4. The Bertz CT molecular complexity index is 709. The molecule has 23 heavy (non-hydrogen) atoms. The summed E-state index contributed by atoms with van der Waals surface area (Å²) < 4.78 is 23.2. The monoisotopic (exact) mass is 381 g/mol. The minimum absolute atomic E-state index is 0.229. The second kappa shape index (κ2) is 8.28. The van der Waals surface area contributed by atoms with E-state index in [0.29, 0.717) is 10.4 Å². The molecule has 1 aromatic carbocycles. The maximum absolute atomic E-state index is 12.7. The van der Waals surface area contributed by atoms with Crippen molar-refractivity contribution in [3.63, 3.8) is 0 Å². The third kappa shape index (κ3) is 6.07. The van der Waals surface area contributed by atoms with Gasteiger partial charge in [-0.05, 0) is 51.8 Å². The Morgan fingerprint density at radius 3 is 2.61 bits per heavy atom. The number of carbonyl (C=O) groups excluding carboxylic acids is 2. The summed E-state index contributed by atoms with van der Waals surface area (Å²) in [7, 11) is 0. The van der Waals surface area contributed by atoms with E-state index in [9.17, 15) is 14.0 Å². The Morgan fingerprint density at radius 1 is 1.22 bits per heavy atom. The van der Waals surface area contributed by atoms with E-state index in [2.05, 4.69) is 21.2 Å². The third-order valence-electron chi connectivity index (χ3n) is 2.73. The highest BCUT2D eigenvalue weighted by molar-refractivity contribution is 9.10. The quantitative estimate of drug-likeness (QED) is 0.616. The van der Waals surface area contributed by atoms with Gasteiger partial charge in [0.05, 0.1) is 0 Å². The largest absolute Gasteiger partial charge is 0.452 e. The van der Waals surface area contributed by atoms with Crippen molar-refractivity contribution in [2.45, 2.75) is 6.54 Å². The average molecular weight is 382 g/mol. The third-order valence-corrected chi connectivity index (χ3v) is 3.15. The summed E-state index contributed by atoms with van der Waals surface area (Å²) in [5.41, 5.74) is 0.745. The van der Waals surface area contributed by atoms with Gasteiger partial charge in [-0.2, -0.15) is 0 Å². The number of furan rings is 1. The first-order valence-corrected chi connectivity index (χ1v) is 7.43. The van der Waals surface area contributed by atoms with E-state index in [1.54, 1.807) is 24.3 Å². The van der Waals surface area contributed by atoms with Crippen molar-refractivity contribution >= 4 is 33.9 Å². The van der Waals surface area contributed by atoms with Crippen LogP contribution >= 0.6 is 15.9 Å². The number of esters is 1. The van der Waals surface area contributed by atoms with Gasteiger partial charge in [-0.3, -0.25) is 4.79 Å². The van der Waals surface area contributed by atoms with Gasteiger partial charge in [0.1, 0.15) is 11.6 Å². The van der Waals surface area contributed by atoms with E-state index in [-0.39, 0.29) is 12.4 Å². The zero-order valence-corrected chi connectivity index (χ0v) is 13.5. The highest BCUT2D eigenvalue weighted by atomic mass is 79.9. The first-order valence-electron chi connectivity index (χ1n) is 6.64. The first kappa shape index (κ1) is 17.0. The van der Waals surface area contributed by atoms with Gasteiger partial charge in [0.25, 0.3) is 5.91 Å². The number of amides is 1. The summed E-state index contributed by atoms with van der Waals surface area (Å²) >= 11 is 3.14. The fourth-order valence-corrected chi connectivity index (χ4v) is 1.93. The number of halogens is 2. The number of ether oxygens (including phenoxy) is 1. The minimum Gasteiger partial charge on any atom is -0.452 e. The van der Waals surface area contributed by atoms with Crippen molar-refractivity contribution in [3.8, 4) is 0 Å². The SMILES string of the molecule is O=C(COC(=O)/C=C/c1ccc(Br)o1)NCc1ccc(F)cc1. The molecule has 5 nitrogen and oxygen atoms in total. The van der Waals surface area contributed by atoms with E-state index in [0.717, 1.165) is 5.56 Å². The molecule has 0 saturated heterocycles. The lowest BCUT2D eigenvalue weighted by molar-refractivity contribution is -0.143. The highest BCUT2D eigenvalue weighted by Crippen LogP contribution is 2.14. The van der Waals surface area contributed by atoms with Crippen LogP contribution in [0.15, 0.2) is 51.6 Å². The number of nitrogens with one attached hydrogen (secondary N) is 1. The molecule has 0 bridgehead atoms. The Labute approximate surface area is 140 Å². The molecule has 2 rings (SSSR count). The van der Waals surface area contributed by atoms with E-state index >= 15 is 0 Å². The molecule has 0 spiro atoms. The maximum Gasteiger partial charge on any atom is 0.331 e. The van der Waals surface area contributed by atoms with E-state index in [1.807, 2.05) is 0 Å². The van der Waals surface area contributed by atoms with Crippen molar-refractivity contribution in [2.24, 2.45) is 0 Å². The number of hydrogen-bond acceptors (Lipinski definition) is 4. The number of hydrogen-bond donors (Lipinski definition) is 1. The van der Waals surface area contributed by atoms with Gasteiger partial charge in [-0.15, -0.1) is 0 Å². The summed E-state index contributed by atoms with van der Waals surface area (Å²) in [4.78, 5) is 23.0. The Hall–Kier alpha value is -2.41. The van der Waals surface area contributed by atoms with Gasteiger partial charge < -0.3 is 14.5 Å². The smallest absolute Gasteiger partial charge is 0.331 e. The molecule has 120 valence electrons. The molecule has 0 atom stereocenters. The highest BCUT2D eigenvalue weighted by Gasteiger charge is 2.05. The van der Waals surface area contributed by atoms with E-state index < -0.39 is 18.5 Å². The number of benzene rings is 1. The van der Waals surface area contributed by atoms with Gasteiger partial charge in [0.2, 0.25) is 0 Å². The lowest BCUT2D eigenvalue weighted by atomic mass is 10.2. The van der Waals surface area contributed by atoms with E-state index in [4.69, 9.17) is 9.15 Å². The predicted molar refractivity (Wildman–Crippen MR) is 84.6 cm³/mol. The van der Waals surface area contributed by atoms with Gasteiger partial charge in [-0.25, -0.2) is 9.18 Å². The van der Waals surface area contributed by atoms with Gasteiger partial charge in [0.15, 0.2) is 11.3 Å². The van der Waals surface area contributed by atoms with Crippen LogP contribution in [0.2, 0.25) is 0 Å². The summed E-state index contributed by atoms with van der Waals surface area (Å²) in [5.74, 6) is -0.967. The molecule has 7 heteroatoms. The van der Waals surface area contributed by atoms with Crippen LogP contribution in [-0.4, -0.2) is 18.5 Å². The first-order chi connectivity index (χ1) is 11.0. The summed E-state index contributed by atoms with van der Waals surface area (Å²) in [5, 5.41) is 2.56. The Balaban J connectivity index is 1.70. The van der Waals surface area contributed by atoms with Crippen LogP contribution < -0.4 is 5.32 Å². The van der Waals surface area contributed by atoms with Gasteiger partial charge >= 0.3 is 5.97 Å². The van der Waals surface area contributed by atoms with E-state index in [1.165, 1.54) is 24.3 Å². The molecule has 0 aliphatic rings. The molecule has 0 fully saturated rings. The fraction of sp³-hybridized carbons (Fsp3) is 0.125. The molecule has 1 N–H and O–H groups in total. The summed E-state index contributed by atoms with van der Waals surface area (Å²) in [6.07, 6.45) is 2.60. The van der Waals surface area contributed by atoms with Crippen LogP contribution in [0.4, 0.5) is 4.39 Å². The second-order valence-corrected chi connectivity index (χ2v) is 5.27. The molecule has 0 unspecified atom stereocenters. The van der Waals surface area contributed by atoms with Gasteiger partial charge in [0, 0.05) is 12.6 Å². The molecule has 0 saturated carbocycles. The van der Waals surface area contributed by atoms with Crippen LogP contribution in [-0.2, 0) is 20.9 Å². The van der Waals surface area contributed by atoms with Crippen LogP contribution in [0.3, 0.4) is 0 Å². The molecule has 1 amide bonds. The van der Waals surface area contributed by atoms with Crippen LogP contribution in [0, 0.1) is 5.82 Å². The van der Waals surface area contributed by atoms with Crippen molar-refractivity contribution in [1.82, 2.24) is 5.32 Å². The molecule has 0 radical (unpaired) electrons. The lowest BCUT2D eigenvalue weighted by Gasteiger charge is -2.05. The van der Waals surface area contributed by atoms with Crippen molar-refractivity contribution in [2.75, 3.05) is 6.61 Å². The van der Waals surface area contributed by atoms with Gasteiger partial charge in [-0.1, -0.05) is 12.1 Å². The molecular weight excluding hydrogens is 369 g/mol. The summed E-state index contributed by atoms with van der Waals surface area (Å²) in [6, 6.07) is 9.09. The standard InChI is InChI=1S/C16H13BrFNO4/c17-14-7-5-13(23-14)6-8-16(21)22-10-15(20)19-9-11-1-3-12(18)4-2-11/h1-8H,9-10H2,(H,19,20)/b8-6+. The molecule has 0 aliphatic heterocycles.